The summed E-state index contributed by atoms with van der Waals surface area (Å²) < 4.78 is 3.69. The molecule has 0 amide bonds. The van der Waals surface area contributed by atoms with E-state index in [0.717, 1.165) is 38.5 Å². The minimum absolute atomic E-state index is 0.0465. The molecule has 7 aromatic rings. The first-order valence-electron chi connectivity index (χ1n) is 31.3. The van der Waals surface area contributed by atoms with Crippen LogP contribution in [0.25, 0.3) is 27.9 Å². The van der Waals surface area contributed by atoms with Crippen LogP contribution in [-0.4, -0.2) is 49.3 Å². The summed E-state index contributed by atoms with van der Waals surface area (Å²) in [6.07, 6.45) is 33.9. The van der Waals surface area contributed by atoms with Crippen LogP contribution < -0.4 is 9.80 Å². The number of nitriles is 2. The van der Waals surface area contributed by atoms with Crippen molar-refractivity contribution in [2.24, 2.45) is 0 Å². The third-order valence-corrected chi connectivity index (χ3v) is 25.5. The van der Waals surface area contributed by atoms with E-state index in [2.05, 4.69) is 117 Å². The van der Waals surface area contributed by atoms with Crippen molar-refractivity contribution < 1.29 is 27.0 Å². The quantitative estimate of drug-likeness (QED) is 0.0857. The normalized spacial score (nSPS) is 16.4. The summed E-state index contributed by atoms with van der Waals surface area (Å²) in [5, 5.41) is 19.9. The van der Waals surface area contributed by atoms with Crippen LogP contribution in [0.5, 0.6) is 0 Å². The van der Waals surface area contributed by atoms with Crippen LogP contribution >= 0.6 is 46.7 Å². The van der Waals surface area contributed by atoms with Gasteiger partial charge in [-0.2, -0.15) is 18.1 Å². The van der Waals surface area contributed by atoms with Crippen molar-refractivity contribution in [2.75, 3.05) is 22.9 Å². The molecule has 5 fully saturated rings. The average molecular weight is 1440 g/mol. The van der Waals surface area contributed by atoms with Gasteiger partial charge in [-0.15, -0.1) is 0 Å². The number of rotatable bonds is 8. The molecule has 0 radical (unpaired) electrons. The van der Waals surface area contributed by atoms with E-state index in [1.54, 1.807) is 132 Å². The molecule has 0 N–H and O–H groups in total. The van der Waals surface area contributed by atoms with Crippen LogP contribution in [0.4, 0.5) is 11.4 Å². The maximum absolute atomic E-state index is 9.02. The number of anilines is 2. The van der Waals surface area contributed by atoms with Crippen molar-refractivity contribution in [3.05, 3.63) is 196 Å². The molecule has 13 heteroatoms. The van der Waals surface area contributed by atoms with Crippen LogP contribution in [0.3, 0.4) is 0 Å². The Morgan fingerprint density at radius 2 is 0.897 bits per heavy atom. The van der Waals surface area contributed by atoms with E-state index >= 15 is 0 Å². The van der Waals surface area contributed by atoms with E-state index in [-0.39, 0.29) is 7.92 Å². The Bertz CT molecular complexity index is 3310. The molecule has 3 saturated carbocycles. The molecule has 6 nitrogen and oxygen atoms in total. The van der Waals surface area contributed by atoms with Crippen molar-refractivity contribution >= 4 is 95.2 Å². The van der Waals surface area contributed by atoms with Gasteiger partial charge in [-0.1, -0.05) is 92.3 Å². The summed E-state index contributed by atoms with van der Waals surface area (Å²) in [5.41, 5.74) is 20.3. The molecule has 87 heavy (non-hydrogen) atoms. The van der Waals surface area contributed by atoms with Crippen LogP contribution in [0.1, 0.15) is 183 Å². The number of aromatic nitrogens is 2. The Balaban J connectivity index is 0.000000150. The van der Waals surface area contributed by atoms with E-state index in [1.807, 2.05) is 71.3 Å². The van der Waals surface area contributed by atoms with Gasteiger partial charge >= 0.3 is 180 Å². The van der Waals surface area contributed by atoms with Gasteiger partial charge in [0.25, 0.3) is 0 Å². The van der Waals surface area contributed by atoms with Crippen molar-refractivity contribution in [2.45, 2.75) is 181 Å². The second-order valence-corrected chi connectivity index (χ2v) is 38.6. The molecule has 0 bridgehead atoms. The molecule has 0 spiro atoms. The SMILES string of the molecule is C1CCC([PH+](C2CCCCC2)C2CCCCC2)CC1.C=Cc1c(C#N)ccc2cccnc12.Cc1cc(C)c(N2[CH-]CCC2)c(C)c1.Cc1cc(C)c(N2[CH-]CCC2)c(C)c1.N#Cc1ccc2cccnc2c1[CH]=[Ru]([Cl])[Cl].[Cl][Ru]([Cl])=[CH]c1ccccc1. The van der Waals surface area contributed by atoms with Gasteiger partial charge in [0.2, 0.25) is 0 Å². The number of pyridine rings is 2. The van der Waals surface area contributed by atoms with Gasteiger partial charge in [-0.05, 0) is 166 Å². The zero-order valence-electron chi connectivity index (χ0n) is 52.0. The van der Waals surface area contributed by atoms with E-state index in [9.17, 15) is 0 Å². The summed E-state index contributed by atoms with van der Waals surface area (Å²) in [4.78, 5) is 13.3. The van der Waals surface area contributed by atoms with Gasteiger partial charge in [-0.25, -0.2) is 13.1 Å². The third kappa shape index (κ3) is 21.5. The Kier molecular flexibility index (Phi) is 30.1. The fraction of sp³-hybridized carbons (Fsp3) is 0.405. The molecular weight excluding hydrogens is 1350 g/mol. The molecule has 0 atom stereocenters. The van der Waals surface area contributed by atoms with Gasteiger partial charge in [-0.3, -0.25) is 4.98 Å². The van der Waals surface area contributed by atoms with E-state index in [1.165, 1.54) is 101 Å². The maximum atomic E-state index is 9.02. The van der Waals surface area contributed by atoms with Gasteiger partial charge in [0.1, 0.15) is 0 Å². The summed E-state index contributed by atoms with van der Waals surface area (Å²) in [6.45, 7) is 23.9. The first-order valence-corrected chi connectivity index (χ1v) is 44.0. The zero-order valence-corrected chi connectivity index (χ0v) is 59.5. The summed E-state index contributed by atoms with van der Waals surface area (Å²) in [6, 6.07) is 38.2. The Hall–Kier alpha value is -4.18. The topological polar surface area (TPSA) is 79.8 Å². The van der Waals surface area contributed by atoms with Crippen LogP contribution in [-0.2, 0) is 27.0 Å². The summed E-state index contributed by atoms with van der Waals surface area (Å²) in [7, 11) is 23.0. The molecule has 466 valence electrons. The molecule has 5 aliphatic rings. The molecule has 4 heterocycles. The van der Waals surface area contributed by atoms with Crippen LogP contribution in [0.15, 0.2) is 122 Å². The minimum atomic E-state index is -1.96. The number of benzene rings is 5. The average Bonchev–Trinajstić information content (AvgIpc) is 3.06. The van der Waals surface area contributed by atoms with Crippen LogP contribution in [0, 0.1) is 77.3 Å². The summed E-state index contributed by atoms with van der Waals surface area (Å²) in [5.74, 6) is 0. The van der Waals surface area contributed by atoms with E-state index in [0.29, 0.717) is 11.1 Å². The van der Waals surface area contributed by atoms with Crippen molar-refractivity contribution in [1.29, 1.82) is 10.5 Å². The number of nitrogens with zero attached hydrogens (tertiary/aromatic N) is 6. The van der Waals surface area contributed by atoms with Gasteiger partial charge in [0.05, 0.1) is 34.1 Å². The van der Waals surface area contributed by atoms with Crippen molar-refractivity contribution in [1.82, 2.24) is 9.97 Å². The first kappa shape index (κ1) is 70.3. The number of halogens is 4. The van der Waals surface area contributed by atoms with E-state index in [4.69, 9.17) is 49.3 Å². The van der Waals surface area contributed by atoms with Crippen LogP contribution in [0.2, 0.25) is 0 Å². The molecule has 2 saturated heterocycles. The summed E-state index contributed by atoms with van der Waals surface area (Å²) >= 11 is -3.57. The monoisotopic (exact) mass is 1440 g/mol. The van der Waals surface area contributed by atoms with Crippen molar-refractivity contribution in [3.8, 4) is 12.1 Å². The molecule has 2 aromatic heterocycles. The molecule has 2 aliphatic heterocycles. The second kappa shape index (κ2) is 37.2. The molecule has 5 aromatic carbocycles. The molecule has 3 aliphatic carbocycles. The standard InChI is InChI=1S/C18H33P.2C13H18N.C12H8N2.C11H6N2.C7H6.4ClH.2Ru/c1-4-10-16(11-5-1)19(17-12-6-2-7-13-17)18-14-8-3-9-15-18;2*1-10-8-11(2)13(12(3)9-10)14-6-4-5-7-14;1-2-11-10(8-13)6-5-9-4-3-7-14-12(9)11;1-8-10(7-12)5-4-9-3-2-6-13-11(8)9;1-7-5-3-2-4-6-7;;;;;;/h16-18H,1-15H2;2*6,8-9H,4-5,7H2,1-3H3;2-7H,1H2;1-6H;1-6H;4*1H;;/q;2*-1;;;;;;;;2*+2/p-3. The van der Waals surface area contributed by atoms with Gasteiger partial charge in [0.15, 0.2) is 0 Å². The number of fused-ring (bicyclic) bond motifs is 2. The molecule has 12 rings (SSSR count). The fourth-order valence-electron chi connectivity index (χ4n) is 13.7. The van der Waals surface area contributed by atoms with Gasteiger partial charge in [0, 0.05) is 36.4 Å². The van der Waals surface area contributed by atoms with E-state index < -0.39 is 27.0 Å². The predicted octanol–water partition coefficient (Wildman–Crippen LogP) is 21.6. The Morgan fingerprint density at radius 3 is 1.25 bits per heavy atom. The third-order valence-electron chi connectivity index (χ3n) is 17.2. The Labute approximate surface area is 549 Å². The Morgan fingerprint density at radius 1 is 0.506 bits per heavy atom. The molecule has 0 unspecified atom stereocenters. The number of hydrogen-bond acceptors (Lipinski definition) is 6. The number of hydrogen-bond donors (Lipinski definition) is 0. The zero-order chi connectivity index (χ0) is 62.1. The number of aryl methyl sites for hydroxylation is 6. The van der Waals surface area contributed by atoms with Gasteiger partial charge < -0.3 is 9.80 Å². The second-order valence-electron chi connectivity index (χ2n) is 23.7. The van der Waals surface area contributed by atoms with Crippen molar-refractivity contribution in [3.63, 3.8) is 0 Å². The molecular formula is C74H90Cl4N6PRu2-. The fourth-order valence-corrected chi connectivity index (χ4v) is 22.5. The first-order chi connectivity index (χ1) is 42.2. The predicted molar refractivity (Wildman–Crippen MR) is 375 cm³/mol.